The molecule has 1 saturated heterocycles. The van der Waals surface area contributed by atoms with Gasteiger partial charge in [-0.2, -0.15) is 0 Å². The van der Waals surface area contributed by atoms with Crippen LogP contribution >= 0.6 is 0 Å². The second kappa shape index (κ2) is 11.3. The summed E-state index contributed by atoms with van der Waals surface area (Å²) in [5.74, 6) is -1.55. The maximum Gasteiger partial charge on any atom is 0.313 e. The monoisotopic (exact) mass is 437 g/mol. The molecule has 0 aromatic heterocycles. The number of nitrogens with one attached hydrogen (secondary N) is 3. The van der Waals surface area contributed by atoms with Crippen LogP contribution in [-0.2, 0) is 20.8 Å². The van der Waals surface area contributed by atoms with E-state index < -0.39 is 11.8 Å². The first-order valence-corrected chi connectivity index (χ1v) is 10.9. The summed E-state index contributed by atoms with van der Waals surface area (Å²) < 4.78 is 0. The summed E-state index contributed by atoms with van der Waals surface area (Å²) in [5, 5.41) is 7.85. The van der Waals surface area contributed by atoms with Crippen molar-refractivity contribution in [1.82, 2.24) is 10.2 Å². The molecule has 0 radical (unpaired) electrons. The lowest BCUT2D eigenvalue weighted by Crippen LogP contribution is -2.44. The van der Waals surface area contributed by atoms with Gasteiger partial charge in [-0.3, -0.25) is 14.4 Å². The first-order valence-electron chi connectivity index (χ1n) is 10.9. The van der Waals surface area contributed by atoms with Gasteiger partial charge in [0, 0.05) is 56.7 Å². The summed E-state index contributed by atoms with van der Waals surface area (Å²) >= 11 is 0. The zero-order chi connectivity index (χ0) is 22.9. The molecule has 0 aliphatic carbocycles. The highest BCUT2D eigenvalue weighted by Crippen LogP contribution is 2.18. The highest BCUT2D eigenvalue weighted by molar-refractivity contribution is 6.39. The summed E-state index contributed by atoms with van der Waals surface area (Å²) in [6.07, 6.45) is 1.58. The van der Waals surface area contributed by atoms with Crippen LogP contribution in [0.25, 0.3) is 0 Å². The first-order chi connectivity index (χ1) is 15.4. The number of rotatable bonds is 7. The van der Waals surface area contributed by atoms with Crippen molar-refractivity contribution in [2.45, 2.75) is 19.8 Å². The Kier molecular flexibility index (Phi) is 8.21. The van der Waals surface area contributed by atoms with Crippen LogP contribution in [0.5, 0.6) is 0 Å². The molecule has 2 aromatic rings. The molecule has 1 fully saturated rings. The topological polar surface area (TPSA) is 93.8 Å². The molecule has 2 aromatic carbocycles. The molecular weight excluding hydrogens is 406 g/mol. The predicted octanol–water partition coefficient (Wildman–Crippen LogP) is 2.08. The Bertz CT molecular complexity index is 920. The Hall–Kier alpha value is -3.39. The van der Waals surface area contributed by atoms with Gasteiger partial charge in [-0.15, -0.1) is 0 Å². The van der Waals surface area contributed by atoms with Crippen LogP contribution in [0.15, 0.2) is 48.5 Å². The van der Waals surface area contributed by atoms with E-state index in [9.17, 15) is 14.4 Å². The average molecular weight is 438 g/mol. The second-order valence-corrected chi connectivity index (χ2v) is 8.03. The SMILES string of the molecule is CC(=O)Nc1ccc(NC(=O)C(=O)NCCCc2ccc(N3CCN(C)CC3)cc2)cc1. The maximum atomic E-state index is 12.0. The molecule has 0 bridgehead atoms. The zero-order valence-electron chi connectivity index (χ0n) is 18.7. The number of carbonyl (C=O) groups is 3. The van der Waals surface area contributed by atoms with E-state index in [0.717, 1.165) is 39.0 Å². The molecule has 0 atom stereocenters. The first kappa shape index (κ1) is 23.3. The van der Waals surface area contributed by atoms with Gasteiger partial charge in [0.25, 0.3) is 0 Å². The smallest absolute Gasteiger partial charge is 0.313 e. The summed E-state index contributed by atoms with van der Waals surface area (Å²) in [6, 6.07) is 15.1. The van der Waals surface area contributed by atoms with Crippen LogP contribution in [0.1, 0.15) is 18.9 Å². The molecule has 3 rings (SSSR count). The Morgan fingerprint density at radius 3 is 2.00 bits per heavy atom. The van der Waals surface area contributed by atoms with Gasteiger partial charge < -0.3 is 25.8 Å². The lowest BCUT2D eigenvalue weighted by Gasteiger charge is -2.34. The molecule has 0 saturated carbocycles. The van der Waals surface area contributed by atoms with Crippen molar-refractivity contribution in [1.29, 1.82) is 0 Å². The molecule has 1 heterocycles. The highest BCUT2D eigenvalue weighted by Gasteiger charge is 2.15. The van der Waals surface area contributed by atoms with Gasteiger partial charge in [0.2, 0.25) is 5.91 Å². The Morgan fingerprint density at radius 2 is 1.41 bits per heavy atom. The van der Waals surface area contributed by atoms with Gasteiger partial charge in [0.1, 0.15) is 0 Å². The standard InChI is InChI=1S/C24H31N5O3/c1-18(30)26-20-7-9-21(10-8-20)27-24(32)23(31)25-13-3-4-19-5-11-22(12-6-19)29-16-14-28(2)15-17-29/h5-12H,3-4,13-17H2,1-2H3,(H,25,31)(H,26,30)(H,27,32). The molecule has 1 aliphatic heterocycles. The van der Waals surface area contributed by atoms with Crippen LogP contribution in [0.2, 0.25) is 0 Å². The molecule has 8 heteroatoms. The van der Waals surface area contributed by atoms with Crippen LogP contribution in [-0.4, -0.2) is 62.4 Å². The minimum Gasteiger partial charge on any atom is -0.369 e. The van der Waals surface area contributed by atoms with Crippen molar-refractivity contribution in [3.8, 4) is 0 Å². The van der Waals surface area contributed by atoms with Gasteiger partial charge in [-0.05, 0) is 61.9 Å². The summed E-state index contributed by atoms with van der Waals surface area (Å²) in [5.41, 5.74) is 3.56. The Morgan fingerprint density at radius 1 is 0.812 bits per heavy atom. The summed E-state index contributed by atoms with van der Waals surface area (Å²) in [7, 11) is 2.15. The fourth-order valence-electron chi connectivity index (χ4n) is 3.54. The van der Waals surface area contributed by atoms with E-state index >= 15 is 0 Å². The number of aryl methyl sites for hydroxylation is 1. The zero-order valence-corrected chi connectivity index (χ0v) is 18.7. The van der Waals surface area contributed by atoms with Crippen LogP contribution in [0.3, 0.4) is 0 Å². The number of likely N-dealkylation sites (N-methyl/N-ethyl adjacent to an activating group) is 1. The highest BCUT2D eigenvalue weighted by atomic mass is 16.2. The van der Waals surface area contributed by atoms with Crippen molar-refractivity contribution in [3.05, 3.63) is 54.1 Å². The lowest BCUT2D eigenvalue weighted by atomic mass is 10.1. The third kappa shape index (κ3) is 7.09. The van der Waals surface area contributed by atoms with Gasteiger partial charge in [0.15, 0.2) is 0 Å². The number of nitrogens with zero attached hydrogens (tertiary/aromatic N) is 2. The van der Waals surface area contributed by atoms with Gasteiger partial charge in [-0.25, -0.2) is 0 Å². The van der Waals surface area contributed by atoms with E-state index in [0.29, 0.717) is 17.9 Å². The average Bonchev–Trinajstić information content (AvgIpc) is 2.78. The number of amides is 3. The largest absolute Gasteiger partial charge is 0.369 e. The number of anilines is 3. The van der Waals surface area contributed by atoms with Crippen LogP contribution < -0.4 is 20.9 Å². The van der Waals surface area contributed by atoms with Gasteiger partial charge >= 0.3 is 11.8 Å². The van der Waals surface area contributed by atoms with E-state index in [2.05, 4.69) is 57.1 Å². The lowest BCUT2D eigenvalue weighted by molar-refractivity contribution is -0.136. The van der Waals surface area contributed by atoms with E-state index in [1.807, 2.05) is 0 Å². The van der Waals surface area contributed by atoms with Crippen molar-refractivity contribution in [2.75, 3.05) is 55.3 Å². The van der Waals surface area contributed by atoms with Crippen molar-refractivity contribution >= 4 is 34.8 Å². The van der Waals surface area contributed by atoms with Crippen molar-refractivity contribution in [3.63, 3.8) is 0 Å². The van der Waals surface area contributed by atoms with Gasteiger partial charge in [0.05, 0.1) is 0 Å². The third-order valence-electron chi connectivity index (χ3n) is 5.40. The minimum atomic E-state index is -0.714. The maximum absolute atomic E-state index is 12.0. The Labute approximate surface area is 189 Å². The van der Waals surface area contributed by atoms with Crippen molar-refractivity contribution in [2.24, 2.45) is 0 Å². The molecular formula is C24H31N5O3. The Balaban J connectivity index is 1.36. The number of benzene rings is 2. The van der Waals surface area contributed by atoms with E-state index in [1.54, 1.807) is 24.3 Å². The molecule has 3 N–H and O–H groups in total. The third-order valence-corrected chi connectivity index (χ3v) is 5.40. The van der Waals surface area contributed by atoms with E-state index in [-0.39, 0.29) is 5.91 Å². The molecule has 3 amide bonds. The van der Waals surface area contributed by atoms with Crippen molar-refractivity contribution < 1.29 is 14.4 Å². The van der Waals surface area contributed by atoms with Crippen LogP contribution in [0.4, 0.5) is 17.1 Å². The fraction of sp³-hybridized carbons (Fsp3) is 0.375. The normalized spacial score (nSPS) is 14.0. The number of piperazine rings is 1. The fourth-order valence-corrected chi connectivity index (χ4v) is 3.54. The minimum absolute atomic E-state index is 0.174. The molecule has 0 unspecified atom stereocenters. The number of carbonyl (C=O) groups excluding carboxylic acids is 3. The van der Waals surface area contributed by atoms with Gasteiger partial charge in [-0.1, -0.05) is 12.1 Å². The summed E-state index contributed by atoms with van der Waals surface area (Å²) in [4.78, 5) is 39.8. The van der Waals surface area contributed by atoms with E-state index in [4.69, 9.17) is 0 Å². The molecule has 170 valence electrons. The van der Waals surface area contributed by atoms with Crippen LogP contribution in [0, 0.1) is 0 Å². The number of hydrogen-bond acceptors (Lipinski definition) is 5. The number of hydrogen-bond donors (Lipinski definition) is 3. The quantitative estimate of drug-likeness (QED) is 0.456. The predicted molar refractivity (Wildman–Crippen MR) is 127 cm³/mol. The second-order valence-electron chi connectivity index (χ2n) is 8.03. The molecule has 1 aliphatic rings. The molecule has 32 heavy (non-hydrogen) atoms. The molecule has 0 spiro atoms. The van der Waals surface area contributed by atoms with E-state index in [1.165, 1.54) is 18.2 Å². The summed E-state index contributed by atoms with van der Waals surface area (Å²) in [6.45, 7) is 6.10. The molecule has 8 nitrogen and oxygen atoms in total.